The maximum Gasteiger partial charge on any atom is 0.118 e. The van der Waals surface area contributed by atoms with Gasteiger partial charge in [-0.25, -0.2) is 0 Å². The van der Waals surface area contributed by atoms with E-state index in [0.717, 1.165) is 24.8 Å². The van der Waals surface area contributed by atoms with E-state index >= 15 is 0 Å². The average Bonchev–Trinajstić information content (AvgIpc) is 3.11. The van der Waals surface area contributed by atoms with Crippen LogP contribution in [0.15, 0.2) is 48.5 Å². The van der Waals surface area contributed by atoms with E-state index in [0.29, 0.717) is 0 Å². The normalized spacial score (nSPS) is 18.4. The molecule has 0 aromatic heterocycles. The molecular weight excluding hydrogens is 308 g/mol. The van der Waals surface area contributed by atoms with Crippen LogP contribution in [0.1, 0.15) is 24.0 Å². The van der Waals surface area contributed by atoms with E-state index < -0.39 is 0 Å². The Morgan fingerprint density at radius 1 is 0.960 bits per heavy atom. The third-order valence-electron chi connectivity index (χ3n) is 5.80. The van der Waals surface area contributed by atoms with Crippen LogP contribution >= 0.6 is 0 Å². The number of methoxy groups -OCH3 is 1. The van der Waals surface area contributed by atoms with Gasteiger partial charge in [0.1, 0.15) is 5.75 Å². The molecule has 0 atom stereocenters. The molecule has 0 saturated carbocycles. The van der Waals surface area contributed by atoms with Crippen LogP contribution in [0.3, 0.4) is 0 Å². The molecule has 3 nitrogen and oxygen atoms in total. The zero-order valence-corrected chi connectivity index (χ0v) is 15.2. The highest BCUT2D eigenvalue weighted by Gasteiger charge is 2.28. The van der Waals surface area contributed by atoms with Gasteiger partial charge in [0, 0.05) is 37.9 Å². The first-order chi connectivity index (χ1) is 12.3. The standard InChI is InChI=1S/C22H28N2O/c1-25-21-8-6-18(7-9-21)10-14-23-15-12-20(13-16-23)24-17-11-19-4-2-3-5-22(19)24/h2-9,20H,10-17H2,1H3. The lowest BCUT2D eigenvalue weighted by atomic mass is 10.0. The van der Waals surface area contributed by atoms with Crippen LogP contribution in [-0.4, -0.2) is 44.2 Å². The van der Waals surface area contributed by atoms with Crippen molar-refractivity contribution in [1.82, 2.24) is 4.90 Å². The minimum Gasteiger partial charge on any atom is -0.497 e. The first-order valence-corrected chi connectivity index (χ1v) is 9.53. The van der Waals surface area contributed by atoms with E-state index in [-0.39, 0.29) is 0 Å². The third-order valence-corrected chi connectivity index (χ3v) is 5.80. The van der Waals surface area contributed by atoms with Gasteiger partial charge < -0.3 is 14.5 Å². The Kier molecular flexibility index (Phi) is 4.93. The van der Waals surface area contributed by atoms with Crippen LogP contribution in [0.2, 0.25) is 0 Å². The molecule has 0 N–H and O–H groups in total. The van der Waals surface area contributed by atoms with Gasteiger partial charge in [-0.3, -0.25) is 0 Å². The van der Waals surface area contributed by atoms with Crippen molar-refractivity contribution >= 4 is 5.69 Å². The summed E-state index contributed by atoms with van der Waals surface area (Å²) in [5, 5.41) is 0. The highest BCUT2D eigenvalue weighted by molar-refractivity contribution is 5.58. The summed E-state index contributed by atoms with van der Waals surface area (Å²) in [6, 6.07) is 18.2. The fourth-order valence-electron chi connectivity index (χ4n) is 4.28. The second-order valence-corrected chi connectivity index (χ2v) is 7.24. The van der Waals surface area contributed by atoms with Gasteiger partial charge in [-0.15, -0.1) is 0 Å². The topological polar surface area (TPSA) is 15.7 Å². The summed E-state index contributed by atoms with van der Waals surface area (Å²) in [6.07, 6.45) is 4.92. The molecule has 2 heterocycles. The summed E-state index contributed by atoms with van der Waals surface area (Å²) in [5.74, 6) is 0.940. The first-order valence-electron chi connectivity index (χ1n) is 9.53. The van der Waals surface area contributed by atoms with Gasteiger partial charge in [0.25, 0.3) is 0 Å². The van der Waals surface area contributed by atoms with Crippen molar-refractivity contribution < 1.29 is 4.74 Å². The van der Waals surface area contributed by atoms with Crippen LogP contribution in [0.25, 0.3) is 0 Å². The molecule has 2 aliphatic rings. The quantitative estimate of drug-likeness (QED) is 0.827. The monoisotopic (exact) mass is 336 g/mol. The van der Waals surface area contributed by atoms with Gasteiger partial charge in [-0.1, -0.05) is 30.3 Å². The zero-order chi connectivity index (χ0) is 17.1. The van der Waals surface area contributed by atoms with E-state index in [1.807, 2.05) is 0 Å². The van der Waals surface area contributed by atoms with E-state index in [9.17, 15) is 0 Å². The molecule has 0 radical (unpaired) electrons. The van der Waals surface area contributed by atoms with Crippen LogP contribution in [0.4, 0.5) is 5.69 Å². The largest absolute Gasteiger partial charge is 0.497 e. The Morgan fingerprint density at radius 3 is 2.48 bits per heavy atom. The molecule has 0 spiro atoms. The molecule has 0 amide bonds. The molecule has 0 unspecified atom stereocenters. The second kappa shape index (κ2) is 7.49. The molecule has 2 aliphatic heterocycles. The number of likely N-dealkylation sites (tertiary alicyclic amines) is 1. The molecule has 2 aromatic rings. The van der Waals surface area contributed by atoms with Crippen molar-refractivity contribution in [2.75, 3.05) is 38.2 Å². The molecule has 3 heteroatoms. The highest BCUT2D eigenvalue weighted by Crippen LogP contribution is 2.32. The van der Waals surface area contributed by atoms with E-state index in [2.05, 4.69) is 58.3 Å². The van der Waals surface area contributed by atoms with Crippen molar-refractivity contribution in [2.24, 2.45) is 0 Å². The average molecular weight is 336 g/mol. The molecule has 4 rings (SSSR count). The minimum absolute atomic E-state index is 0.723. The second-order valence-electron chi connectivity index (χ2n) is 7.24. The van der Waals surface area contributed by atoms with Gasteiger partial charge >= 0.3 is 0 Å². The number of anilines is 1. The Hall–Kier alpha value is -2.00. The summed E-state index contributed by atoms with van der Waals surface area (Å²) in [7, 11) is 1.72. The predicted molar refractivity (Wildman–Crippen MR) is 104 cm³/mol. The van der Waals surface area contributed by atoms with Gasteiger partial charge in [0.2, 0.25) is 0 Å². The maximum absolute atomic E-state index is 5.23. The van der Waals surface area contributed by atoms with Crippen molar-refractivity contribution in [3.8, 4) is 5.75 Å². The van der Waals surface area contributed by atoms with Gasteiger partial charge in [-0.2, -0.15) is 0 Å². The SMILES string of the molecule is COc1ccc(CCN2CCC(N3CCc4ccccc43)CC2)cc1. The van der Waals surface area contributed by atoms with Crippen LogP contribution in [-0.2, 0) is 12.8 Å². The van der Waals surface area contributed by atoms with E-state index in [1.165, 1.54) is 55.7 Å². The number of piperidine rings is 1. The van der Waals surface area contributed by atoms with Crippen LogP contribution < -0.4 is 9.64 Å². The minimum atomic E-state index is 0.723. The van der Waals surface area contributed by atoms with Gasteiger partial charge in [0.15, 0.2) is 0 Å². The fourth-order valence-corrected chi connectivity index (χ4v) is 4.28. The van der Waals surface area contributed by atoms with Crippen LogP contribution in [0, 0.1) is 0 Å². The van der Waals surface area contributed by atoms with Crippen molar-refractivity contribution in [3.05, 3.63) is 59.7 Å². The van der Waals surface area contributed by atoms with Crippen molar-refractivity contribution in [3.63, 3.8) is 0 Å². The molecule has 25 heavy (non-hydrogen) atoms. The smallest absolute Gasteiger partial charge is 0.118 e. The number of nitrogens with zero attached hydrogens (tertiary/aromatic N) is 2. The van der Waals surface area contributed by atoms with Crippen molar-refractivity contribution in [2.45, 2.75) is 31.7 Å². The zero-order valence-electron chi connectivity index (χ0n) is 15.2. The number of benzene rings is 2. The fraction of sp³-hybridized carbons (Fsp3) is 0.455. The number of rotatable bonds is 5. The maximum atomic E-state index is 5.23. The third kappa shape index (κ3) is 3.67. The lowest BCUT2D eigenvalue weighted by Gasteiger charge is -2.38. The van der Waals surface area contributed by atoms with E-state index in [1.54, 1.807) is 7.11 Å². The Bertz CT molecular complexity index is 689. The number of para-hydroxylation sites is 1. The number of ether oxygens (including phenoxy) is 1. The first kappa shape index (κ1) is 16.5. The number of hydrogen-bond donors (Lipinski definition) is 0. The molecule has 2 aromatic carbocycles. The lowest BCUT2D eigenvalue weighted by Crippen LogP contribution is -2.44. The molecule has 132 valence electrons. The number of hydrogen-bond acceptors (Lipinski definition) is 3. The summed E-state index contributed by atoms with van der Waals surface area (Å²) in [6.45, 7) is 4.81. The van der Waals surface area contributed by atoms with E-state index in [4.69, 9.17) is 4.74 Å². The Labute approximate surface area is 151 Å². The highest BCUT2D eigenvalue weighted by atomic mass is 16.5. The molecular formula is C22H28N2O. The molecule has 0 aliphatic carbocycles. The Morgan fingerprint density at radius 2 is 1.72 bits per heavy atom. The van der Waals surface area contributed by atoms with Crippen LogP contribution in [0.5, 0.6) is 5.75 Å². The van der Waals surface area contributed by atoms with Gasteiger partial charge in [-0.05, 0) is 55.0 Å². The summed E-state index contributed by atoms with van der Waals surface area (Å²) in [5.41, 5.74) is 4.42. The Balaban J connectivity index is 1.27. The lowest BCUT2D eigenvalue weighted by molar-refractivity contribution is 0.212. The predicted octanol–water partition coefficient (Wildman–Crippen LogP) is 3.76. The summed E-state index contributed by atoms with van der Waals surface area (Å²) >= 11 is 0. The molecule has 1 fully saturated rings. The number of fused-ring (bicyclic) bond motifs is 1. The molecule has 1 saturated heterocycles. The molecule has 0 bridgehead atoms. The summed E-state index contributed by atoms with van der Waals surface area (Å²) < 4.78 is 5.23. The van der Waals surface area contributed by atoms with Gasteiger partial charge in [0.05, 0.1) is 7.11 Å². The van der Waals surface area contributed by atoms with Crippen molar-refractivity contribution in [1.29, 1.82) is 0 Å². The summed E-state index contributed by atoms with van der Waals surface area (Å²) in [4.78, 5) is 5.29.